The van der Waals surface area contributed by atoms with Gasteiger partial charge < -0.3 is 19.6 Å². The third-order valence-corrected chi connectivity index (χ3v) is 4.02. The summed E-state index contributed by atoms with van der Waals surface area (Å²) in [5.41, 5.74) is 0.541. The van der Waals surface area contributed by atoms with Gasteiger partial charge in [-0.3, -0.25) is 4.79 Å². The molecule has 1 aliphatic rings. The fraction of sp³-hybridized carbons (Fsp3) is 0.500. The van der Waals surface area contributed by atoms with Gasteiger partial charge in [-0.25, -0.2) is 16.5 Å². The second-order valence-electron chi connectivity index (χ2n) is 5.31. The van der Waals surface area contributed by atoms with Crippen LogP contribution >= 0.6 is 0 Å². The molecule has 1 amide bonds. The summed E-state index contributed by atoms with van der Waals surface area (Å²) < 4.78 is 47.7. The highest BCUT2D eigenvalue weighted by Crippen LogP contribution is 2.28. The van der Waals surface area contributed by atoms with Gasteiger partial charge in [-0.15, -0.1) is 0 Å². The molecular weight excluding hydrogens is 292 g/mol. The van der Waals surface area contributed by atoms with Crippen molar-refractivity contribution >= 4 is 22.8 Å². The van der Waals surface area contributed by atoms with Crippen molar-refractivity contribution in [3.63, 3.8) is 0 Å². The first-order valence-electron chi connectivity index (χ1n) is 10.1. The smallest absolute Gasteiger partial charge is 0.302 e. The number of nitrogens with zero attached hydrogens (tertiary/aromatic N) is 5. The van der Waals surface area contributed by atoms with Crippen LogP contribution in [0.25, 0.3) is 15.9 Å². The normalized spacial score (nSPS) is 29.4. The predicted octanol–water partition coefficient (Wildman–Crippen LogP) is 1.55. The molecule has 0 saturated carbocycles. The number of aromatic amines is 1. The molecule has 2 atom stereocenters. The van der Waals surface area contributed by atoms with E-state index in [4.69, 9.17) is 14.8 Å². The minimum atomic E-state index is -2.74. The number of aromatic nitrogens is 3. The molecule has 3 rings (SSSR count). The van der Waals surface area contributed by atoms with Gasteiger partial charge in [0.05, 0.1) is 11.4 Å². The molecule has 0 aliphatic carbocycles. The Bertz CT molecular complexity index is 969. The van der Waals surface area contributed by atoms with E-state index < -0.39 is 31.2 Å². The van der Waals surface area contributed by atoms with Crippen molar-refractivity contribution in [2.24, 2.45) is 5.89 Å². The van der Waals surface area contributed by atoms with Gasteiger partial charge in [0.25, 0.3) is 6.50 Å². The number of likely N-dealkylation sites (N-methyl/N-ethyl adjacent to an activating group) is 1. The maximum absolute atomic E-state index is 12.5. The largest absolute Gasteiger partial charge is 0.354 e. The summed E-state index contributed by atoms with van der Waals surface area (Å²) in [5.74, 6) is -2.56. The number of nitrogens with one attached hydrogen (secondary N) is 1. The van der Waals surface area contributed by atoms with Gasteiger partial charge >= 0.3 is 5.91 Å². The highest BCUT2D eigenvalue weighted by atomic mass is 16.2. The summed E-state index contributed by atoms with van der Waals surface area (Å²) in [7, 11) is 1.59. The van der Waals surface area contributed by atoms with Gasteiger partial charge in [0, 0.05) is 31.8 Å². The van der Waals surface area contributed by atoms with Crippen LogP contribution in [-0.2, 0) is 4.79 Å². The van der Waals surface area contributed by atoms with E-state index in [1.807, 2.05) is 0 Å². The van der Waals surface area contributed by atoms with E-state index in [2.05, 4.69) is 19.8 Å². The zero-order valence-electron chi connectivity index (χ0n) is 18.6. The fourth-order valence-corrected chi connectivity index (χ4v) is 2.78. The van der Waals surface area contributed by atoms with Crippen molar-refractivity contribution in [1.82, 2.24) is 19.9 Å². The molecule has 1 N–H and O–H groups in total. The van der Waals surface area contributed by atoms with Crippen LogP contribution in [-0.4, -0.2) is 58.4 Å². The van der Waals surface area contributed by atoms with Crippen LogP contribution in [0.1, 0.15) is 21.5 Å². The second-order valence-corrected chi connectivity index (χ2v) is 5.31. The summed E-state index contributed by atoms with van der Waals surface area (Å²) in [5, 5.41) is 0.628. The van der Waals surface area contributed by atoms with Gasteiger partial charge in [-0.05, 0) is 18.4 Å². The van der Waals surface area contributed by atoms with Crippen molar-refractivity contribution in [1.29, 1.82) is 0 Å². The van der Waals surface area contributed by atoms with Gasteiger partial charge in [0.1, 0.15) is 20.5 Å². The number of rotatable bonds is 3. The Hall–Kier alpha value is -2.62. The number of likely N-dealkylation sites (tertiary alicyclic amines) is 1. The Balaban J connectivity index is 2.03. The van der Waals surface area contributed by atoms with E-state index in [-0.39, 0.29) is 19.5 Å². The third-order valence-electron chi connectivity index (χ3n) is 4.02. The number of piperidine rings is 1. The van der Waals surface area contributed by atoms with Crippen LogP contribution in [0.4, 0.5) is 5.82 Å². The molecule has 1 saturated heterocycles. The second kappa shape index (κ2) is 6.24. The predicted molar refractivity (Wildman–Crippen MR) is 87.9 cm³/mol. The average Bonchev–Trinajstić information content (AvgIpc) is 3.15. The van der Waals surface area contributed by atoms with E-state index in [1.165, 1.54) is 11.2 Å². The Morgan fingerprint density at radius 1 is 1.74 bits per heavy atom. The zero-order chi connectivity index (χ0) is 21.6. The number of amides is 1. The number of H-pyrrole nitrogens is 1. The Morgan fingerprint density at radius 2 is 2.61 bits per heavy atom. The van der Waals surface area contributed by atoms with Crippen molar-refractivity contribution in [3.05, 3.63) is 30.0 Å². The molecule has 7 heteroatoms. The Kier molecular flexibility index (Phi) is 2.58. The number of carbonyl (C=O) groups excluding carboxylic acids is 1. The van der Waals surface area contributed by atoms with Crippen LogP contribution in [0.5, 0.6) is 0 Å². The maximum atomic E-state index is 12.5. The van der Waals surface area contributed by atoms with Crippen LogP contribution in [0.2, 0.25) is 0 Å². The van der Waals surface area contributed by atoms with Gasteiger partial charge in [-0.1, -0.05) is 6.85 Å². The number of carbonyl (C=O) groups is 1. The first-order chi connectivity index (χ1) is 13.4. The third kappa shape index (κ3) is 2.84. The minimum Gasteiger partial charge on any atom is -0.354 e. The SMILES string of the molecule is [2H]C([2H])([N+]#[C-])C(=O)N1CC[C@@]([2H])(C([2H])([2H])[2H])[C@@H](N(C)c2ncnc3[nH]ccc23)C1. The lowest BCUT2D eigenvalue weighted by molar-refractivity contribution is -0.130. The molecule has 23 heavy (non-hydrogen) atoms. The lowest BCUT2D eigenvalue weighted by Gasteiger charge is -2.41. The molecule has 2 aromatic rings. The molecular formula is C16H20N6O. The van der Waals surface area contributed by atoms with Crippen LogP contribution in [0.15, 0.2) is 18.6 Å². The van der Waals surface area contributed by atoms with E-state index in [0.717, 1.165) is 4.90 Å². The van der Waals surface area contributed by atoms with E-state index in [0.29, 0.717) is 16.9 Å². The molecule has 3 heterocycles. The quantitative estimate of drug-likeness (QED) is 0.872. The molecule has 0 spiro atoms. The van der Waals surface area contributed by atoms with E-state index in [1.54, 1.807) is 19.3 Å². The first kappa shape index (κ1) is 9.50. The number of fused-ring (bicyclic) bond motifs is 1. The molecule has 7 nitrogen and oxygen atoms in total. The summed E-state index contributed by atoms with van der Waals surface area (Å²) >= 11 is 0. The maximum Gasteiger partial charge on any atom is 0.302 e. The van der Waals surface area contributed by atoms with Crippen LogP contribution in [0.3, 0.4) is 0 Å². The lowest BCUT2D eigenvalue weighted by atomic mass is 9.92. The molecule has 0 unspecified atom stereocenters. The summed E-state index contributed by atoms with van der Waals surface area (Å²) in [4.78, 5) is 29.1. The zero-order valence-corrected chi connectivity index (χ0v) is 12.6. The van der Waals surface area contributed by atoms with E-state index >= 15 is 0 Å². The standard InChI is InChI=1S/C16H20N6O/c1-11-5-7-22(14(23)8-17-2)9-13(11)21(3)16-12-4-6-18-15(12)19-10-20-16/h4,6,10-11,13H,5,7-9H2,1,3H3,(H,18,19,20)/t11-,13+/m1/s1/i1D3,8D2,11D. The summed E-state index contributed by atoms with van der Waals surface area (Å²) in [6, 6.07) is 0.716. The molecule has 1 aliphatic heterocycles. The highest BCUT2D eigenvalue weighted by molar-refractivity contribution is 5.87. The number of anilines is 1. The Morgan fingerprint density at radius 3 is 3.39 bits per heavy atom. The first-order valence-corrected chi connectivity index (χ1v) is 7.11. The fourth-order valence-electron chi connectivity index (χ4n) is 2.78. The van der Waals surface area contributed by atoms with Crippen molar-refractivity contribution in [3.8, 4) is 0 Å². The average molecular weight is 318 g/mol. The molecule has 120 valence electrons. The van der Waals surface area contributed by atoms with Gasteiger partial charge in [0.2, 0.25) is 0 Å². The van der Waals surface area contributed by atoms with Crippen molar-refractivity contribution in [2.75, 3.05) is 31.5 Å². The minimum absolute atomic E-state index is 0.122. The number of hydrogen-bond donors (Lipinski definition) is 1. The summed E-state index contributed by atoms with van der Waals surface area (Å²) in [6.45, 7) is 1.19. The monoisotopic (exact) mass is 318 g/mol. The van der Waals surface area contributed by atoms with Crippen molar-refractivity contribution < 1.29 is 13.0 Å². The van der Waals surface area contributed by atoms with Crippen molar-refractivity contribution in [2.45, 2.75) is 19.3 Å². The topological polar surface area (TPSA) is 69.5 Å². The number of hydrogen-bond acceptors (Lipinski definition) is 4. The van der Waals surface area contributed by atoms with Gasteiger partial charge in [0.15, 0.2) is 0 Å². The molecule has 1 fully saturated rings. The molecule has 0 aromatic carbocycles. The highest BCUT2D eigenvalue weighted by Gasteiger charge is 2.33. The lowest BCUT2D eigenvalue weighted by Crippen LogP contribution is -2.53. The molecule has 0 bridgehead atoms. The van der Waals surface area contributed by atoms with Crippen LogP contribution in [0, 0.1) is 12.5 Å². The van der Waals surface area contributed by atoms with Gasteiger partial charge in [-0.2, -0.15) is 0 Å². The summed E-state index contributed by atoms with van der Waals surface area (Å²) in [6.07, 6.45) is 2.78. The van der Waals surface area contributed by atoms with E-state index in [9.17, 15) is 4.79 Å². The molecule has 0 radical (unpaired) electrons. The van der Waals surface area contributed by atoms with Crippen LogP contribution < -0.4 is 4.90 Å². The molecule has 2 aromatic heterocycles. The Labute approximate surface area is 143 Å².